The molecule has 1 fully saturated rings. The average Bonchev–Trinajstić information content (AvgIpc) is 2.48. The van der Waals surface area contributed by atoms with Gasteiger partial charge in [-0.25, -0.2) is 0 Å². The lowest BCUT2D eigenvalue weighted by Crippen LogP contribution is -2.48. The van der Waals surface area contributed by atoms with Crippen LogP contribution in [-0.4, -0.2) is 53.4 Å². The maximum Gasteiger partial charge on any atom is 0.272 e. The van der Waals surface area contributed by atoms with E-state index in [4.69, 9.17) is 5.73 Å². The molecule has 0 spiro atoms. The lowest BCUT2D eigenvalue weighted by molar-refractivity contribution is 0.0631. The van der Waals surface area contributed by atoms with Crippen LogP contribution in [0.5, 0.6) is 0 Å². The van der Waals surface area contributed by atoms with E-state index < -0.39 is 0 Å². The molecule has 0 bridgehead atoms. The van der Waals surface area contributed by atoms with Crippen LogP contribution in [0.3, 0.4) is 0 Å². The van der Waals surface area contributed by atoms with Crippen molar-refractivity contribution in [3.63, 3.8) is 0 Å². The van der Waals surface area contributed by atoms with E-state index in [0.29, 0.717) is 12.2 Å². The first-order chi connectivity index (χ1) is 9.24. The second-order valence-electron chi connectivity index (χ2n) is 4.89. The summed E-state index contributed by atoms with van der Waals surface area (Å²) in [5.41, 5.74) is 6.99. The zero-order chi connectivity index (χ0) is 13.7. The number of carbonyl (C=O) groups is 1. The Hall–Kier alpha value is -1.46. The molecule has 1 amide bonds. The minimum absolute atomic E-state index is 0.0275. The molecular weight excluding hydrogens is 240 g/mol. The van der Waals surface area contributed by atoms with Crippen LogP contribution in [0, 0.1) is 0 Å². The van der Waals surface area contributed by atoms with Crippen LogP contribution in [0.1, 0.15) is 29.4 Å². The zero-order valence-corrected chi connectivity index (χ0v) is 11.5. The van der Waals surface area contributed by atoms with Gasteiger partial charge in [0.25, 0.3) is 5.91 Å². The van der Waals surface area contributed by atoms with Gasteiger partial charge in [0.15, 0.2) is 0 Å². The summed E-state index contributed by atoms with van der Waals surface area (Å²) in [7, 11) is 0. The van der Waals surface area contributed by atoms with Gasteiger partial charge in [-0.05, 0) is 24.6 Å². The molecule has 5 heteroatoms. The fourth-order valence-corrected chi connectivity index (χ4v) is 2.32. The van der Waals surface area contributed by atoms with Gasteiger partial charge in [-0.15, -0.1) is 0 Å². The highest BCUT2D eigenvalue weighted by Gasteiger charge is 2.22. The number of nitrogens with zero attached hydrogens (tertiary/aromatic N) is 3. The summed E-state index contributed by atoms with van der Waals surface area (Å²) in [6.45, 7) is 7.25. The fraction of sp³-hybridized carbons (Fsp3) is 0.571. The van der Waals surface area contributed by atoms with Gasteiger partial charge in [0.2, 0.25) is 0 Å². The van der Waals surface area contributed by atoms with Crippen LogP contribution in [0.4, 0.5) is 0 Å². The second-order valence-corrected chi connectivity index (χ2v) is 4.89. The van der Waals surface area contributed by atoms with Crippen LogP contribution in [0.2, 0.25) is 0 Å². The van der Waals surface area contributed by atoms with Crippen molar-refractivity contribution in [1.82, 2.24) is 14.8 Å². The number of nitrogens with two attached hydrogens (primary N) is 1. The molecule has 0 unspecified atom stereocenters. The Morgan fingerprint density at radius 2 is 2.05 bits per heavy atom. The Morgan fingerprint density at radius 1 is 1.32 bits per heavy atom. The Bertz CT molecular complexity index is 410. The third-order valence-electron chi connectivity index (χ3n) is 3.48. The van der Waals surface area contributed by atoms with E-state index in [0.717, 1.165) is 44.7 Å². The third-order valence-corrected chi connectivity index (χ3v) is 3.48. The van der Waals surface area contributed by atoms with Crippen LogP contribution in [0.15, 0.2) is 18.3 Å². The Balaban J connectivity index is 1.93. The molecule has 1 aliphatic rings. The normalized spacial score (nSPS) is 16.6. The van der Waals surface area contributed by atoms with Crippen molar-refractivity contribution in [2.45, 2.75) is 19.9 Å². The highest BCUT2D eigenvalue weighted by atomic mass is 16.2. The minimum atomic E-state index is 0.0275. The summed E-state index contributed by atoms with van der Waals surface area (Å²) >= 11 is 0. The van der Waals surface area contributed by atoms with Gasteiger partial charge >= 0.3 is 0 Å². The number of rotatable bonds is 4. The molecule has 0 saturated carbocycles. The molecule has 5 nitrogen and oxygen atoms in total. The molecule has 1 aromatic rings. The van der Waals surface area contributed by atoms with Crippen molar-refractivity contribution in [2.75, 3.05) is 32.7 Å². The molecule has 0 aliphatic carbocycles. The molecule has 0 atom stereocenters. The van der Waals surface area contributed by atoms with Gasteiger partial charge in [0.1, 0.15) is 5.69 Å². The number of piperazine rings is 1. The van der Waals surface area contributed by atoms with E-state index in [-0.39, 0.29) is 5.91 Å². The van der Waals surface area contributed by atoms with Crippen molar-refractivity contribution >= 4 is 5.91 Å². The van der Waals surface area contributed by atoms with E-state index >= 15 is 0 Å². The lowest BCUT2D eigenvalue weighted by atomic mass is 10.2. The van der Waals surface area contributed by atoms with Crippen molar-refractivity contribution < 1.29 is 4.79 Å². The Labute approximate surface area is 114 Å². The molecule has 104 valence electrons. The molecule has 0 aromatic carbocycles. The second kappa shape index (κ2) is 6.63. The summed E-state index contributed by atoms with van der Waals surface area (Å²) in [5.74, 6) is 0.0275. The first-order valence-electron chi connectivity index (χ1n) is 6.91. The SMILES string of the molecule is CCCN1CCN(C(=O)c2ccc(CN)cn2)CC1. The molecular formula is C14H22N4O. The highest BCUT2D eigenvalue weighted by Crippen LogP contribution is 2.08. The lowest BCUT2D eigenvalue weighted by Gasteiger charge is -2.34. The van der Waals surface area contributed by atoms with Gasteiger partial charge in [-0.1, -0.05) is 13.0 Å². The number of hydrogen-bond acceptors (Lipinski definition) is 4. The van der Waals surface area contributed by atoms with Crippen molar-refractivity contribution in [3.8, 4) is 0 Å². The summed E-state index contributed by atoms with van der Waals surface area (Å²) in [5, 5.41) is 0. The third kappa shape index (κ3) is 3.52. The summed E-state index contributed by atoms with van der Waals surface area (Å²) in [4.78, 5) is 20.8. The van der Waals surface area contributed by atoms with Crippen LogP contribution >= 0.6 is 0 Å². The zero-order valence-electron chi connectivity index (χ0n) is 11.5. The number of carbonyl (C=O) groups excluding carboxylic acids is 1. The van der Waals surface area contributed by atoms with Gasteiger partial charge in [0.05, 0.1) is 0 Å². The van der Waals surface area contributed by atoms with Gasteiger partial charge in [0, 0.05) is 38.9 Å². The maximum absolute atomic E-state index is 12.3. The minimum Gasteiger partial charge on any atom is -0.335 e. The summed E-state index contributed by atoms with van der Waals surface area (Å²) in [6.07, 6.45) is 2.84. The number of amides is 1. The molecule has 1 saturated heterocycles. The van der Waals surface area contributed by atoms with Crippen molar-refractivity contribution in [3.05, 3.63) is 29.6 Å². The average molecular weight is 262 g/mol. The van der Waals surface area contributed by atoms with Gasteiger partial charge in [-0.3, -0.25) is 14.7 Å². The first-order valence-corrected chi connectivity index (χ1v) is 6.91. The predicted octanol–water partition coefficient (Wildman–Crippen LogP) is 0.708. The molecule has 19 heavy (non-hydrogen) atoms. The van der Waals surface area contributed by atoms with Crippen LogP contribution < -0.4 is 5.73 Å². The van der Waals surface area contributed by atoms with E-state index in [1.165, 1.54) is 0 Å². The van der Waals surface area contributed by atoms with Crippen molar-refractivity contribution in [1.29, 1.82) is 0 Å². The fourth-order valence-electron chi connectivity index (χ4n) is 2.32. The highest BCUT2D eigenvalue weighted by molar-refractivity contribution is 5.92. The summed E-state index contributed by atoms with van der Waals surface area (Å²) < 4.78 is 0. The Kier molecular flexibility index (Phi) is 4.87. The molecule has 1 aromatic heterocycles. The Morgan fingerprint density at radius 3 is 2.58 bits per heavy atom. The van der Waals surface area contributed by atoms with E-state index in [1.54, 1.807) is 12.3 Å². The van der Waals surface area contributed by atoms with Crippen molar-refractivity contribution in [2.24, 2.45) is 5.73 Å². The monoisotopic (exact) mass is 262 g/mol. The predicted molar refractivity (Wildman–Crippen MR) is 74.8 cm³/mol. The standard InChI is InChI=1S/C14H22N4O/c1-2-5-17-6-8-18(9-7-17)14(19)13-4-3-12(10-15)11-16-13/h3-4,11H,2,5-10,15H2,1H3. The molecule has 2 N–H and O–H groups in total. The maximum atomic E-state index is 12.3. The summed E-state index contributed by atoms with van der Waals surface area (Å²) in [6, 6.07) is 3.64. The molecule has 2 heterocycles. The quantitative estimate of drug-likeness (QED) is 0.868. The largest absolute Gasteiger partial charge is 0.335 e. The van der Waals surface area contributed by atoms with E-state index in [2.05, 4.69) is 16.8 Å². The van der Waals surface area contributed by atoms with Gasteiger partial charge < -0.3 is 10.6 Å². The molecule has 1 aliphatic heterocycles. The van der Waals surface area contributed by atoms with E-state index in [9.17, 15) is 4.79 Å². The van der Waals surface area contributed by atoms with Crippen LogP contribution in [0.25, 0.3) is 0 Å². The van der Waals surface area contributed by atoms with Crippen LogP contribution in [-0.2, 0) is 6.54 Å². The number of pyridine rings is 1. The smallest absolute Gasteiger partial charge is 0.272 e. The molecule has 0 radical (unpaired) electrons. The first kappa shape index (κ1) is 14.0. The number of hydrogen-bond donors (Lipinski definition) is 1. The topological polar surface area (TPSA) is 62.5 Å². The number of aromatic nitrogens is 1. The molecule has 2 rings (SSSR count). The van der Waals surface area contributed by atoms with Gasteiger partial charge in [-0.2, -0.15) is 0 Å². The van der Waals surface area contributed by atoms with E-state index in [1.807, 2.05) is 11.0 Å².